The van der Waals surface area contributed by atoms with Crippen LogP contribution in [-0.2, 0) is 11.3 Å². The molecular formula is C20H19FN4O2. The van der Waals surface area contributed by atoms with Gasteiger partial charge >= 0.3 is 5.97 Å². The summed E-state index contributed by atoms with van der Waals surface area (Å²) in [6.45, 7) is 2.41. The first-order valence-electron chi connectivity index (χ1n) is 8.50. The van der Waals surface area contributed by atoms with Crippen molar-refractivity contribution < 1.29 is 13.9 Å². The maximum absolute atomic E-state index is 13.7. The van der Waals surface area contributed by atoms with Crippen LogP contribution in [-0.4, -0.2) is 22.5 Å². The molecule has 0 saturated carbocycles. The molecule has 27 heavy (non-hydrogen) atoms. The smallest absolute Gasteiger partial charge is 0.338 e. The highest BCUT2D eigenvalue weighted by Crippen LogP contribution is 2.16. The van der Waals surface area contributed by atoms with Gasteiger partial charge in [0, 0.05) is 24.0 Å². The molecule has 0 aliphatic rings. The first-order chi connectivity index (χ1) is 13.2. The summed E-state index contributed by atoms with van der Waals surface area (Å²) in [5, 5.41) is 6.14. The summed E-state index contributed by atoms with van der Waals surface area (Å²) in [6.07, 6.45) is 1.60. The van der Waals surface area contributed by atoms with E-state index in [0.29, 0.717) is 36.0 Å². The molecule has 0 fully saturated rings. The number of carbonyl (C=O) groups excluding carboxylic acids is 1. The molecule has 138 valence electrons. The predicted octanol–water partition coefficient (Wildman–Crippen LogP) is 4.15. The Kier molecular flexibility index (Phi) is 5.94. The number of hydrogen-bond acceptors (Lipinski definition) is 6. The molecule has 3 rings (SSSR count). The number of benzene rings is 2. The van der Waals surface area contributed by atoms with Crippen molar-refractivity contribution in [2.75, 3.05) is 17.2 Å². The number of hydrogen-bond donors (Lipinski definition) is 2. The summed E-state index contributed by atoms with van der Waals surface area (Å²) in [5.41, 5.74) is 1.76. The molecule has 3 aromatic rings. The highest BCUT2D eigenvalue weighted by molar-refractivity contribution is 5.89. The van der Waals surface area contributed by atoms with Crippen molar-refractivity contribution in [3.05, 3.63) is 77.7 Å². The molecule has 1 aromatic heterocycles. The fourth-order valence-corrected chi connectivity index (χ4v) is 2.38. The lowest BCUT2D eigenvalue weighted by Crippen LogP contribution is -2.06. The Labute approximate surface area is 156 Å². The van der Waals surface area contributed by atoms with Crippen LogP contribution in [0, 0.1) is 5.82 Å². The van der Waals surface area contributed by atoms with Gasteiger partial charge in [0.05, 0.1) is 12.2 Å². The number of nitrogens with one attached hydrogen (secondary N) is 2. The van der Waals surface area contributed by atoms with Gasteiger partial charge < -0.3 is 15.4 Å². The van der Waals surface area contributed by atoms with Crippen LogP contribution in [0.15, 0.2) is 60.8 Å². The molecule has 0 spiro atoms. The summed E-state index contributed by atoms with van der Waals surface area (Å²) in [6, 6.07) is 15.1. The van der Waals surface area contributed by atoms with Crippen LogP contribution in [0.1, 0.15) is 22.8 Å². The monoisotopic (exact) mass is 366 g/mol. The van der Waals surface area contributed by atoms with Gasteiger partial charge in [0.1, 0.15) is 11.6 Å². The third kappa shape index (κ3) is 5.01. The standard InChI is InChI=1S/C20H19FN4O2/c1-2-27-19(26)14-7-9-16(10-8-14)24-20-22-12-11-18(25-20)23-13-15-5-3-4-6-17(15)21/h3-12H,2,13H2,1H3,(H2,22,23,24,25). The minimum Gasteiger partial charge on any atom is -0.462 e. The van der Waals surface area contributed by atoms with Gasteiger partial charge in [-0.3, -0.25) is 0 Å². The van der Waals surface area contributed by atoms with Crippen LogP contribution < -0.4 is 10.6 Å². The number of halogens is 1. The highest BCUT2D eigenvalue weighted by Gasteiger charge is 2.07. The molecule has 0 aliphatic carbocycles. The molecule has 2 aromatic carbocycles. The van der Waals surface area contributed by atoms with Crippen molar-refractivity contribution in [2.24, 2.45) is 0 Å². The van der Waals surface area contributed by atoms with Gasteiger partial charge in [0.15, 0.2) is 0 Å². The Morgan fingerprint density at radius 3 is 2.63 bits per heavy atom. The van der Waals surface area contributed by atoms with Gasteiger partial charge in [-0.2, -0.15) is 4.98 Å². The molecule has 0 aliphatic heterocycles. The first-order valence-corrected chi connectivity index (χ1v) is 8.50. The largest absolute Gasteiger partial charge is 0.462 e. The third-order valence-corrected chi connectivity index (χ3v) is 3.73. The Hall–Kier alpha value is -3.48. The van der Waals surface area contributed by atoms with Crippen molar-refractivity contribution >= 4 is 23.4 Å². The lowest BCUT2D eigenvalue weighted by molar-refractivity contribution is 0.0526. The average molecular weight is 366 g/mol. The number of esters is 1. The highest BCUT2D eigenvalue weighted by atomic mass is 19.1. The fourth-order valence-electron chi connectivity index (χ4n) is 2.38. The van der Waals surface area contributed by atoms with E-state index in [9.17, 15) is 9.18 Å². The zero-order valence-corrected chi connectivity index (χ0v) is 14.8. The number of rotatable bonds is 7. The molecule has 7 heteroatoms. The van der Waals surface area contributed by atoms with Crippen LogP contribution in [0.5, 0.6) is 0 Å². The van der Waals surface area contributed by atoms with E-state index < -0.39 is 0 Å². The zero-order chi connectivity index (χ0) is 19.1. The third-order valence-electron chi connectivity index (χ3n) is 3.73. The van der Waals surface area contributed by atoms with E-state index in [-0.39, 0.29) is 11.8 Å². The molecule has 0 amide bonds. The SMILES string of the molecule is CCOC(=O)c1ccc(Nc2nccc(NCc3ccccc3F)n2)cc1. The van der Waals surface area contributed by atoms with E-state index in [4.69, 9.17) is 4.74 Å². The summed E-state index contributed by atoms with van der Waals surface area (Å²) >= 11 is 0. The predicted molar refractivity (Wildman–Crippen MR) is 101 cm³/mol. The lowest BCUT2D eigenvalue weighted by Gasteiger charge is -2.09. The van der Waals surface area contributed by atoms with Crippen LogP contribution in [0.25, 0.3) is 0 Å². The van der Waals surface area contributed by atoms with Crippen LogP contribution >= 0.6 is 0 Å². The molecule has 0 saturated heterocycles. The van der Waals surface area contributed by atoms with E-state index in [1.54, 1.807) is 61.7 Å². The van der Waals surface area contributed by atoms with Crippen molar-refractivity contribution in [3.63, 3.8) is 0 Å². The second-order valence-electron chi connectivity index (χ2n) is 5.63. The number of anilines is 3. The molecule has 6 nitrogen and oxygen atoms in total. The van der Waals surface area contributed by atoms with Gasteiger partial charge in [-0.25, -0.2) is 14.2 Å². The van der Waals surface area contributed by atoms with E-state index >= 15 is 0 Å². The second-order valence-corrected chi connectivity index (χ2v) is 5.63. The Morgan fingerprint density at radius 2 is 1.89 bits per heavy atom. The van der Waals surface area contributed by atoms with Gasteiger partial charge in [0.2, 0.25) is 5.95 Å². The quantitative estimate of drug-likeness (QED) is 0.612. The molecule has 2 N–H and O–H groups in total. The Bertz CT molecular complexity index is 916. The van der Waals surface area contributed by atoms with Crippen molar-refractivity contribution in [1.82, 2.24) is 9.97 Å². The van der Waals surface area contributed by atoms with Gasteiger partial charge in [-0.1, -0.05) is 18.2 Å². The van der Waals surface area contributed by atoms with Crippen LogP contribution in [0.4, 0.5) is 21.8 Å². The summed E-state index contributed by atoms with van der Waals surface area (Å²) in [7, 11) is 0. The number of ether oxygens (including phenoxy) is 1. The Morgan fingerprint density at radius 1 is 1.11 bits per heavy atom. The molecule has 0 atom stereocenters. The molecule has 0 radical (unpaired) electrons. The maximum atomic E-state index is 13.7. The maximum Gasteiger partial charge on any atom is 0.338 e. The molecular weight excluding hydrogens is 347 g/mol. The van der Waals surface area contributed by atoms with E-state index in [1.807, 2.05) is 0 Å². The van der Waals surface area contributed by atoms with Crippen LogP contribution in [0.2, 0.25) is 0 Å². The molecule has 1 heterocycles. The summed E-state index contributed by atoms with van der Waals surface area (Å²) in [4.78, 5) is 20.2. The minimum absolute atomic E-state index is 0.265. The van der Waals surface area contributed by atoms with E-state index in [1.165, 1.54) is 6.07 Å². The Balaban J connectivity index is 1.63. The molecule has 0 bridgehead atoms. The van der Waals surface area contributed by atoms with Crippen molar-refractivity contribution in [1.29, 1.82) is 0 Å². The number of nitrogens with zero attached hydrogens (tertiary/aromatic N) is 2. The van der Waals surface area contributed by atoms with Crippen molar-refractivity contribution in [3.8, 4) is 0 Å². The number of aromatic nitrogens is 2. The van der Waals surface area contributed by atoms with Crippen molar-refractivity contribution in [2.45, 2.75) is 13.5 Å². The van der Waals surface area contributed by atoms with Crippen LogP contribution in [0.3, 0.4) is 0 Å². The minimum atomic E-state index is -0.361. The summed E-state index contributed by atoms with van der Waals surface area (Å²) < 4.78 is 18.6. The number of carbonyl (C=O) groups is 1. The fraction of sp³-hybridized carbons (Fsp3) is 0.150. The van der Waals surface area contributed by atoms with E-state index in [0.717, 1.165) is 5.69 Å². The lowest BCUT2D eigenvalue weighted by atomic mass is 10.2. The summed E-state index contributed by atoms with van der Waals surface area (Å²) in [5.74, 6) is 0.329. The van der Waals surface area contributed by atoms with Gasteiger partial charge in [-0.15, -0.1) is 0 Å². The first kappa shape index (κ1) is 18.3. The van der Waals surface area contributed by atoms with E-state index in [2.05, 4.69) is 20.6 Å². The van der Waals surface area contributed by atoms with Gasteiger partial charge in [0.25, 0.3) is 0 Å². The molecule has 0 unspecified atom stereocenters. The zero-order valence-electron chi connectivity index (χ0n) is 14.8. The average Bonchev–Trinajstić information content (AvgIpc) is 2.68. The topological polar surface area (TPSA) is 76.1 Å². The second kappa shape index (κ2) is 8.75. The normalized spacial score (nSPS) is 10.3. The van der Waals surface area contributed by atoms with Gasteiger partial charge in [-0.05, 0) is 43.3 Å².